The maximum atomic E-state index is 5.75. The highest BCUT2D eigenvalue weighted by Gasteiger charge is 2.22. The molecular formula is C16H19N3O. The van der Waals surface area contributed by atoms with Crippen molar-refractivity contribution < 1.29 is 4.42 Å². The second kappa shape index (κ2) is 5.41. The van der Waals surface area contributed by atoms with Crippen molar-refractivity contribution in [3.05, 3.63) is 47.7 Å². The minimum atomic E-state index is 0.359. The summed E-state index contributed by atoms with van der Waals surface area (Å²) in [5.74, 6) is 1.46. The summed E-state index contributed by atoms with van der Waals surface area (Å²) in [6.45, 7) is 0. The topological polar surface area (TPSA) is 63.5 Å². The van der Waals surface area contributed by atoms with E-state index in [2.05, 4.69) is 28.5 Å². The summed E-state index contributed by atoms with van der Waals surface area (Å²) in [4.78, 5) is 3.97. The van der Waals surface area contributed by atoms with Crippen LogP contribution >= 0.6 is 0 Å². The molecule has 1 aromatic carbocycles. The van der Waals surface area contributed by atoms with Crippen LogP contribution in [0, 0.1) is 0 Å². The van der Waals surface area contributed by atoms with Gasteiger partial charge in [-0.15, -0.1) is 0 Å². The highest BCUT2D eigenvalue weighted by atomic mass is 16.3. The molecule has 0 spiro atoms. The van der Waals surface area contributed by atoms with Crippen LogP contribution in [0.2, 0.25) is 0 Å². The maximum absolute atomic E-state index is 5.75. The summed E-state index contributed by atoms with van der Waals surface area (Å²) >= 11 is 0. The number of hydrogen-bond acceptors (Lipinski definition) is 2. The molecule has 2 aromatic rings. The molecule has 1 unspecified atom stereocenters. The summed E-state index contributed by atoms with van der Waals surface area (Å²) in [7, 11) is 1.70. The van der Waals surface area contributed by atoms with Crippen LogP contribution in [0.1, 0.15) is 17.5 Å². The molecule has 20 heavy (non-hydrogen) atoms. The molecule has 1 atom stereocenters. The third-order valence-electron chi connectivity index (χ3n) is 3.86. The Morgan fingerprint density at radius 2 is 2.25 bits per heavy atom. The van der Waals surface area contributed by atoms with E-state index in [0.29, 0.717) is 12.0 Å². The number of benzene rings is 1. The first-order chi connectivity index (χ1) is 9.78. The number of fused-ring (bicyclic) bond motifs is 1. The molecule has 0 saturated heterocycles. The van der Waals surface area contributed by atoms with Gasteiger partial charge in [0, 0.05) is 18.7 Å². The van der Waals surface area contributed by atoms with Crippen LogP contribution in [-0.4, -0.2) is 19.0 Å². The zero-order chi connectivity index (χ0) is 13.9. The Balaban J connectivity index is 1.87. The van der Waals surface area contributed by atoms with E-state index in [1.54, 1.807) is 13.3 Å². The second-order valence-electron chi connectivity index (χ2n) is 5.11. The Hall–Kier alpha value is -2.23. The van der Waals surface area contributed by atoms with Crippen LogP contribution in [-0.2, 0) is 12.8 Å². The first-order valence-electron chi connectivity index (χ1n) is 6.91. The molecule has 0 radical (unpaired) electrons. The molecule has 0 aliphatic heterocycles. The van der Waals surface area contributed by atoms with Crippen LogP contribution in [0.15, 0.2) is 46.0 Å². The molecule has 1 aliphatic rings. The monoisotopic (exact) mass is 269 g/mol. The van der Waals surface area contributed by atoms with Gasteiger partial charge in [-0.25, -0.2) is 0 Å². The van der Waals surface area contributed by atoms with Gasteiger partial charge in [0.25, 0.3) is 0 Å². The van der Waals surface area contributed by atoms with Gasteiger partial charge in [-0.2, -0.15) is 0 Å². The first-order valence-corrected chi connectivity index (χ1v) is 6.91. The second-order valence-corrected chi connectivity index (χ2v) is 5.11. The van der Waals surface area contributed by atoms with Gasteiger partial charge >= 0.3 is 0 Å². The Kier molecular flexibility index (Phi) is 3.46. The largest absolute Gasteiger partial charge is 0.464 e. The van der Waals surface area contributed by atoms with Gasteiger partial charge in [0.15, 0.2) is 5.96 Å². The lowest BCUT2D eigenvalue weighted by atomic mass is 9.85. The van der Waals surface area contributed by atoms with Crippen molar-refractivity contribution in [2.75, 3.05) is 7.05 Å². The number of aliphatic imine (C=N–C) groups is 1. The van der Waals surface area contributed by atoms with Crippen molar-refractivity contribution in [2.45, 2.75) is 25.3 Å². The highest BCUT2D eigenvalue weighted by Crippen LogP contribution is 2.31. The molecule has 3 N–H and O–H groups in total. The highest BCUT2D eigenvalue weighted by molar-refractivity contribution is 5.78. The minimum Gasteiger partial charge on any atom is -0.464 e. The molecule has 0 fully saturated rings. The van der Waals surface area contributed by atoms with Crippen LogP contribution in [0.5, 0.6) is 0 Å². The Morgan fingerprint density at radius 3 is 3.00 bits per heavy atom. The Bertz CT molecular complexity index is 617. The molecule has 3 rings (SSSR count). The Labute approximate surface area is 118 Å². The van der Waals surface area contributed by atoms with Crippen molar-refractivity contribution in [3.63, 3.8) is 0 Å². The smallest absolute Gasteiger partial charge is 0.188 e. The standard InChI is InChI=1S/C16H19N3O/c1-18-16(17)19-12-7-8-13-11(10-12)4-2-5-14(13)15-6-3-9-20-15/h2-6,9,12H,7-8,10H2,1H3,(H3,17,18,19). The van der Waals surface area contributed by atoms with Crippen LogP contribution in [0.3, 0.4) is 0 Å². The fourth-order valence-corrected chi connectivity index (χ4v) is 2.87. The predicted molar refractivity (Wildman–Crippen MR) is 80.6 cm³/mol. The molecule has 0 bridgehead atoms. The number of nitrogens with two attached hydrogens (primary N) is 1. The van der Waals surface area contributed by atoms with Gasteiger partial charge in [0.05, 0.1) is 6.26 Å². The third kappa shape index (κ3) is 2.41. The summed E-state index contributed by atoms with van der Waals surface area (Å²) in [5.41, 5.74) is 9.73. The number of furan rings is 1. The van der Waals surface area contributed by atoms with Crippen molar-refractivity contribution in [1.29, 1.82) is 0 Å². The van der Waals surface area contributed by atoms with Gasteiger partial charge in [-0.05, 0) is 42.5 Å². The minimum absolute atomic E-state index is 0.359. The van der Waals surface area contributed by atoms with Gasteiger partial charge in [0.2, 0.25) is 0 Å². The zero-order valence-electron chi connectivity index (χ0n) is 11.6. The molecule has 1 heterocycles. The maximum Gasteiger partial charge on any atom is 0.188 e. The molecule has 1 aromatic heterocycles. The molecule has 0 saturated carbocycles. The lowest BCUT2D eigenvalue weighted by Crippen LogP contribution is -2.42. The van der Waals surface area contributed by atoms with Gasteiger partial charge in [-0.1, -0.05) is 18.2 Å². The number of guanidine groups is 1. The summed E-state index contributed by atoms with van der Waals surface area (Å²) in [6, 6.07) is 10.7. The summed E-state index contributed by atoms with van der Waals surface area (Å²) in [5, 5.41) is 3.27. The van der Waals surface area contributed by atoms with E-state index in [-0.39, 0.29) is 0 Å². The van der Waals surface area contributed by atoms with Crippen molar-refractivity contribution in [2.24, 2.45) is 10.7 Å². The zero-order valence-corrected chi connectivity index (χ0v) is 11.6. The van der Waals surface area contributed by atoms with E-state index in [1.165, 1.54) is 16.7 Å². The predicted octanol–water partition coefficient (Wildman–Crippen LogP) is 2.34. The fourth-order valence-electron chi connectivity index (χ4n) is 2.87. The average molecular weight is 269 g/mol. The summed E-state index contributed by atoms with van der Waals surface area (Å²) in [6.07, 6.45) is 4.78. The quantitative estimate of drug-likeness (QED) is 0.649. The first kappa shape index (κ1) is 12.8. The van der Waals surface area contributed by atoms with Crippen molar-refractivity contribution in [1.82, 2.24) is 5.32 Å². The fraction of sp³-hybridized carbons (Fsp3) is 0.312. The van der Waals surface area contributed by atoms with E-state index in [0.717, 1.165) is 25.0 Å². The molecule has 104 valence electrons. The number of nitrogens with zero attached hydrogens (tertiary/aromatic N) is 1. The molecule has 4 heteroatoms. The average Bonchev–Trinajstić information content (AvgIpc) is 3.00. The van der Waals surface area contributed by atoms with E-state index in [1.807, 2.05) is 12.1 Å². The van der Waals surface area contributed by atoms with Crippen molar-refractivity contribution >= 4 is 5.96 Å². The van der Waals surface area contributed by atoms with Gasteiger partial charge in [-0.3, -0.25) is 4.99 Å². The normalized spacial score (nSPS) is 18.6. The molecule has 0 amide bonds. The lowest BCUT2D eigenvalue weighted by Gasteiger charge is -2.27. The molecule has 1 aliphatic carbocycles. The van der Waals surface area contributed by atoms with E-state index in [9.17, 15) is 0 Å². The Morgan fingerprint density at radius 1 is 1.35 bits per heavy atom. The number of hydrogen-bond donors (Lipinski definition) is 2. The van der Waals surface area contributed by atoms with Crippen molar-refractivity contribution in [3.8, 4) is 11.3 Å². The van der Waals surface area contributed by atoms with E-state index >= 15 is 0 Å². The number of nitrogens with one attached hydrogen (secondary N) is 1. The van der Waals surface area contributed by atoms with E-state index < -0.39 is 0 Å². The van der Waals surface area contributed by atoms with Gasteiger partial charge in [0.1, 0.15) is 5.76 Å². The third-order valence-corrected chi connectivity index (χ3v) is 3.86. The van der Waals surface area contributed by atoms with Gasteiger partial charge < -0.3 is 15.5 Å². The number of rotatable bonds is 2. The van der Waals surface area contributed by atoms with E-state index in [4.69, 9.17) is 10.2 Å². The molecule has 4 nitrogen and oxygen atoms in total. The van der Waals surface area contributed by atoms with Crippen LogP contribution in [0.4, 0.5) is 0 Å². The SMILES string of the molecule is CN=C(N)NC1CCc2c(cccc2-c2ccco2)C1. The lowest BCUT2D eigenvalue weighted by molar-refractivity contribution is 0.525. The van der Waals surface area contributed by atoms with Crippen LogP contribution < -0.4 is 11.1 Å². The molecular weight excluding hydrogens is 250 g/mol. The van der Waals surface area contributed by atoms with Crippen LogP contribution in [0.25, 0.3) is 11.3 Å². The summed E-state index contributed by atoms with van der Waals surface area (Å²) < 4.78 is 5.54.